The molecule has 1 aromatic carbocycles. The summed E-state index contributed by atoms with van der Waals surface area (Å²) in [6.45, 7) is 2.43. The maximum Gasteiger partial charge on any atom is 0.306 e. The van der Waals surface area contributed by atoms with Crippen molar-refractivity contribution in [3.05, 3.63) is 30.3 Å². The van der Waals surface area contributed by atoms with Gasteiger partial charge in [-0.1, -0.05) is 18.2 Å². The summed E-state index contributed by atoms with van der Waals surface area (Å²) in [5, 5.41) is 8.99. The molecule has 7 nitrogen and oxygen atoms in total. The van der Waals surface area contributed by atoms with Gasteiger partial charge in [-0.25, -0.2) is 0 Å². The van der Waals surface area contributed by atoms with Crippen LogP contribution >= 0.6 is 0 Å². The number of carboxylic acid groups (broad SMARTS) is 1. The zero-order valence-corrected chi connectivity index (χ0v) is 14.6. The average molecular weight is 348 g/mol. The van der Waals surface area contributed by atoms with Crippen LogP contribution in [0.2, 0.25) is 0 Å². The first-order valence-electron chi connectivity index (χ1n) is 8.35. The van der Waals surface area contributed by atoms with Crippen LogP contribution in [-0.4, -0.2) is 65.5 Å². The summed E-state index contributed by atoms with van der Waals surface area (Å²) in [7, 11) is 1.56. The second-order valence-electron chi connectivity index (χ2n) is 6.26. The Hall–Kier alpha value is -2.57. The van der Waals surface area contributed by atoms with E-state index < -0.39 is 12.1 Å². The molecule has 0 spiro atoms. The molecule has 1 heterocycles. The number of hydrogen-bond donors (Lipinski definition) is 1. The Morgan fingerprint density at radius 2 is 1.84 bits per heavy atom. The number of carbonyl (C=O) groups excluding carboxylic acids is 2. The highest BCUT2D eigenvalue weighted by Crippen LogP contribution is 2.17. The third kappa shape index (κ3) is 5.20. The Morgan fingerprint density at radius 1 is 1.24 bits per heavy atom. The van der Waals surface area contributed by atoms with Gasteiger partial charge < -0.3 is 19.6 Å². The highest BCUT2D eigenvalue weighted by Gasteiger charge is 2.28. The van der Waals surface area contributed by atoms with Crippen molar-refractivity contribution in [3.8, 4) is 5.75 Å². The zero-order chi connectivity index (χ0) is 18.4. The van der Waals surface area contributed by atoms with Gasteiger partial charge in [0.05, 0.1) is 12.5 Å². The second-order valence-corrected chi connectivity index (χ2v) is 6.26. The van der Waals surface area contributed by atoms with Gasteiger partial charge in [0.1, 0.15) is 5.75 Å². The van der Waals surface area contributed by atoms with Gasteiger partial charge in [-0.15, -0.1) is 0 Å². The van der Waals surface area contributed by atoms with Crippen molar-refractivity contribution in [2.45, 2.75) is 25.9 Å². The first kappa shape index (κ1) is 18.8. The number of amides is 2. The van der Waals surface area contributed by atoms with E-state index in [4.69, 9.17) is 9.84 Å². The number of nitrogens with zero attached hydrogens (tertiary/aromatic N) is 2. The summed E-state index contributed by atoms with van der Waals surface area (Å²) in [4.78, 5) is 38.6. The quantitative estimate of drug-likeness (QED) is 0.836. The van der Waals surface area contributed by atoms with E-state index in [9.17, 15) is 14.4 Å². The Balaban J connectivity index is 1.82. The van der Waals surface area contributed by atoms with Crippen molar-refractivity contribution in [1.82, 2.24) is 9.80 Å². The van der Waals surface area contributed by atoms with Crippen molar-refractivity contribution >= 4 is 17.8 Å². The molecule has 0 aromatic heterocycles. The molecular weight excluding hydrogens is 324 g/mol. The predicted octanol–water partition coefficient (Wildman–Crippen LogP) is 1.24. The van der Waals surface area contributed by atoms with Crippen LogP contribution in [0.25, 0.3) is 0 Å². The van der Waals surface area contributed by atoms with E-state index in [1.807, 2.05) is 18.2 Å². The molecule has 136 valence electrons. The van der Waals surface area contributed by atoms with E-state index in [0.29, 0.717) is 31.7 Å². The Morgan fingerprint density at radius 3 is 2.40 bits per heavy atom. The van der Waals surface area contributed by atoms with Gasteiger partial charge >= 0.3 is 5.97 Å². The van der Waals surface area contributed by atoms with Crippen LogP contribution in [-0.2, 0) is 14.4 Å². The molecule has 0 radical (unpaired) electrons. The van der Waals surface area contributed by atoms with Gasteiger partial charge in [0.25, 0.3) is 5.91 Å². The first-order valence-corrected chi connectivity index (χ1v) is 8.35. The predicted molar refractivity (Wildman–Crippen MR) is 91.1 cm³/mol. The van der Waals surface area contributed by atoms with Crippen molar-refractivity contribution in [2.75, 3.05) is 26.7 Å². The summed E-state index contributed by atoms with van der Waals surface area (Å²) < 4.78 is 5.58. The zero-order valence-electron chi connectivity index (χ0n) is 14.6. The van der Waals surface area contributed by atoms with Crippen LogP contribution < -0.4 is 4.74 Å². The van der Waals surface area contributed by atoms with Gasteiger partial charge in [-0.05, 0) is 31.9 Å². The van der Waals surface area contributed by atoms with Crippen LogP contribution in [0.15, 0.2) is 30.3 Å². The smallest absolute Gasteiger partial charge is 0.306 e. The highest BCUT2D eigenvalue weighted by molar-refractivity contribution is 5.87. The third-order valence-electron chi connectivity index (χ3n) is 4.35. The minimum atomic E-state index is -0.814. The lowest BCUT2D eigenvalue weighted by molar-refractivity contribution is -0.147. The molecule has 2 amide bonds. The topological polar surface area (TPSA) is 87.2 Å². The van der Waals surface area contributed by atoms with Crippen molar-refractivity contribution < 1.29 is 24.2 Å². The second kappa shape index (κ2) is 8.50. The number of likely N-dealkylation sites (tertiary alicyclic amines) is 1. The van der Waals surface area contributed by atoms with Gasteiger partial charge in [-0.3, -0.25) is 14.4 Å². The molecule has 1 aromatic rings. The number of ether oxygens (including phenoxy) is 1. The number of hydrogen-bond acceptors (Lipinski definition) is 4. The summed E-state index contributed by atoms with van der Waals surface area (Å²) >= 11 is 0. The Bertz CT molecular complexity index is 611. The fraction of sp³-hybridized carbons (Fsp3) is 0.500. The highest BCUT2D eigenvalue weighted by atomic mass is 16.5. The molecule has 7 heteroatoms. The minimum absolute atomic E-state index is 0.0426. The standard InChI is InChI=1S/C18H24N2O5/c1-13(25-15-6-4-3-5-7-15)17(22)19(2)12-16(21)20-10-8-14(9-11-20)18(23)24/h3-7,13-14H,8-12H2,1-2H3,(H,23,24). The maximum absolute atomic E-state index is 12.4. The largest absolute Gasteiger partial charge is 0.481 e. The van der Waals surface area contributed by atoms with E-state index >= 15 is 0 Å². The molecule has 1 aliphatic heterocycles. The third-order valence-corrected chi connectivity index (χ3v) is 4.35. The fourth-order valence-electron chi connectivity index (χ4n) is 2.82. The van der Waals surface area contributed by atoms with E-state index in [1.54, 1.807) is 31.0 Å². The Kier molecular flexibility index (Phi) is 6.38. The fourth-order valence-corrected chi connectivity index (χ4v) is 2.82. The van der Waals surface area contributed by atoms with Crippen molar-refractivity contribution in [3.63, 3.8) is 0 Å². The van der Waals surface area contributed by atoms with Crippen LogP contribution in [0.3, 0.4) is 0 Å². The lowest BCUT2D eigenvalue weighted by Crippen LogP contribution is -2.47. The van der Waals surface area contributed by atoms with Gasteiger partial charge in [0.15, 0.2) is 6.10 Å². The minimum Gasteiger partial charge on any atom is -0.481 e. The number of piperidine rings is 1. The van der Waals surface area contributed by atoms with Crippen LogP contribution in [0.5, 0.6) is 5.75 Å². The first-order chi connectivity index (χ1) is 11.9. The molecule has 1 fully saturated rings. The molecule has 2 rings (SSSR count). The molecule has 1 unspecified atom stereocenters. The SMILES string of the molecule is CC(Oc1ccccc1)C(=O)N(C)CC(=O)N1CCC(C(=O)O)CC1. The summed E-state index contributed by atoms with van der Waals surface area (Å²) in [5.41, 5.74) is 0. The molecule has 1 atom stereocenters. The maximum atomic E-state index is 12.4. The number of rotatable bonds is 6. The lowest BCUT2D eigenvalue weighted by Gasteiger charge is -2.31. The molecule has 25 heavy (non-hydrogen) atoms. The van der Waals surface area contributed by atoms with Crippen LogP contribution in [0.1, 0.15) is 19.8 Å². The van der Waals surface area contributed by atoms with Gasteiger partial charge in [0.2, 0.25) is 5.91 Å². The van der Waals surface area contributed by atoms with Crippen LogP contribution in [0.4, 0.5) is 0 Å². The van der Waals surface area contributed by atoms with E-state index in [-0.39, 0.29) is 24.3 Å². The number of para-hydroxylation sites is 1. The molecule has 0 bridgehead atoms. The van der Waals surface area contributed by atoms with Crippen LogP contribution in [0, 0.1) is 5.92 Å². The average Bonchev–Trinajstić information content (AvgIpc) is 2.61. The van der Waals surface area contributed by atoms with Crippen molar-refractivity contribution in [1.29, 1.82) is 0 Å². The molecule has 0 saturated carbocycles. The van der Waals surface area contributed by atoms with E-state index in [1.165, 1.54) is 4.90 Å². The number of benzene rings is 1. The number of carboxylic acids is 1. The van der Waals surface area contributed by atoms with E-state index in [2.05, 4.69) is 0 Å². The summed E-state index contributed by atoms with van der Waals surface area (Å²) in [5.74, 6) is -1.06. The summed E-state index contributed by atoms with van der Waals surface area (Å²) in [6, 6.07) is 9.03. The van der Waals surface area contributed by atoms with Gasteiger partial charge in [0, 0.05) is 20.1 Å². The number of likely N-dealkylation sites (N-methyl/N-ethyl adjacent to an activating group) is 1. The summed E-state index contributed by atoms with van der Waals surface area (Å²) in [6.07, 6.45) is 0.205. The normalized spacial score (nSPS) is 16.2. The number of aliphatic carboxylic acids is 1. The molecule has 1 aliphatic rings. The monoisotopic (exact) mass is 348 g/mol. The lowest BCUT2D eigenvalue weighted by atomic mass is 9.97. The molecular formula is C18H24N2O5. The molecule has 0 aliphatic carbocycles. The van der Waals surface area contributed by atoms with E-state index in [0.717, 1.165) is 0 Å². The van der Waals surface area contributed by atoms with Gasteiger partial charge in [-0.2, -0.15) is 0 Å². The molecule has 1 N–H and O–H groups in total. The Labute approximate surface area is 147 Å². The number of carbonyl (C=O) groups is 3. The molecule has 1 saturated heterocycles. The van der Waals surface area contributed by atoms with Crippen molar-refractivity contribution in [2.24, 2.45) is 5.92 Å².